The summed E-state index contributed by atoms with van der Waals surface area (Å²) in [4.78, 5) is 20.7. The number of nitrogens with two attached hydrogens (primary N) is 1. The standard InChI is InChI=1S/C19H20N6O/c20-18(26)15-4-6-17(23-14-7-9-21-11-14)25-19(15)24-13-3-5-16-12(10-13)2-1-8-22-16/h1-6,8,10,14,21H,7,9,11H2,(H2,20,26)(H2,23,24,25). The highest BCUT2D eigenvalue weighted by atomic mass is 16.1. The average molecular weight is 348 g/mol. The van der Waals surface area contributed by atoms with Crippen molar-refractivity contribution in [2.75, 3.05) is 23.7 Å². The topological polar surface area (TPSA) is 105 Å². The molecule has 0 radical (unpaired) electrons. The zero-order chi connectivity index (χ0) is 17.9. The van der Waals surface area contributed by atoms with Crippen LogP contribution in [0.4, 0.5) is 17.3 Å². The molecule has 1 aliphatic heterocycles. The van der Waals surface area contributed by atoms with Gasteiger partial charge in [0.25, 0.3) is 5.91 Å². The summed E-state index contributed by atoms with van der Waals surface area (Å²) in [6, 6.07) is 13.5. The van der Waals surface area contributed by atoms with Gasteiger partial charge in [0.1, 0.15) is 11.6 Å². The molecule has 132 valence electrons. The van der Waals surface area contributed by atoms with Crippen LogP contribution in [0.1, 0.15) is 16.8 Å². The monoisotopic (exact) mass is 348 g/mol. The summed E-state index contributed by atoms with van der Waals surface area (Å²) in [6.07, 6.45) is 2.80. The largest absolute Gasteiger partial charge is 0.366 e. The number of amides is 1. The highest BCUT2D eigenvalue weighted by Gasteiger charge is 2.16. The van der Waals surface area contributed by atoms with Gasteiger partial charge in [-0.3, -0.25) is 9.78 Å². The molecule has 3 aromatic rings. The molecule has 2 aromatic heterocycles. The third kappa shape index (κ3) is 3.43. The molecule has 4 rings (SSSR count). The molecule has 5 N–H and O–H groups in total. The van der Waals surface area contributed by atoms with Gasteiger partial charge in [0.2, 0.25) is 0 Å². The Hall–Kier alpha value is -3.19. The zero-order valence-corrected chi connectivity index (χ0v) is 14.2. The van der Waals surface area contributed by atoms with Crippen molar-refractivity contribution in [1.82, 2.24) is 15.3 Å². The molecule has 0 spiro atoms. The van der Waals surface area contributed by atoms with E-state index in [1.807, 2.05) is 30.3 Å². The van der Waals surface area contributed by atoms with E-state index in [4.69, 9.17) is 5.73 Å². The van der Waals surface area contributed by atoms with E-state index in [1.54, 1.807) is 18.3 Å². The van der Waals surface area contributed by atoms with Gasteiger partial charge < -0.3 is 21.7 Å². The molecule has 1 unspecified atom stereocenters. The minimum Gasteiger partial charge on any atom is -0.366 e. The van der Waals surface area contributed by atoms with Crippen LogP contribution in [0.2, 0.25) is 0 Å². The Labute approximate surface area is 151 Å². The van der Waals surface area contributed by atoms with Gasteiger partial charge in [-0.15, -0.1) is 0 Å². The highest BCUT2D eigenvalue weighted by molar-refractivity contribution is 5.98. The molecular formula is C19H20N6O. The van der Waals surface area contributed by atoms with Crippen molar-refractivity contribution in [2.24, 2.45) is 5.73 Å². The molecule has 1 amide bonds. The molecule has 1 aliphatic rings. The molecule has 26 heavy (non-hydrogen) atoms. The number of rotatable bonds is 5. The van der Waals surface area contributed by atoms with E-state index in [-0.39, 0.29) is 0 Å². The van der Waals surface area contributed by atoms with E-state index >= 15 is 0 Å². The number of benzene rings is 1. The van der Waals surface area contributed by atoms with Crippen molar-refractivity contribution in [2.45, 2.75) is 12.5 Å². The Kier molecular flexibility index (Phi) is 4.37. The number of carbonyl (C=O) groups is 1. The lowest BCUT2D eigenvalue weighted by molar-refractivity contribution is 0.100. The van der Waals surface area contributed by atoms with Crippen LogP contribution < -0.4 is 21.7 Å². The minimum atomic E-state index is -0.517. The van der Waals surface area contributed by atoms with Crippen molar-refractivity contribution >= 4 is 34.1 Å². The number of pyridine rings is 2. The number of carbonyl (C=O) groups excluding carboxylic acids is 1. The number of aromatic nitrogens is 2. The van der Waals surface area contributed by atoms with Crippen molar-refractivity contribution in [3.63, 3.8) is 0 Å². The second kappa shape index (κ2) is 6.97. The van der Waals surface area contributed by atoms with Gasteiger partial charge in [-0.1, -0.05) is 6.07 Å². The molecule has 1 fully saturated rings. The molecule has 0 saturated carbocycles. The first-order chi connectivity index (χ1) is 12.7. The average Bonchev–Trinajstić information content (AvgIpc) is 3.14. The summed E-state index contributed by atoms with van der Waals surface area (Å²) < 4.78 is 0. The van der Waals surface area contributed by atoms with Gasteiger partial charge in [-0.25, -0.2) is 4.98 Å². The second-order valence-corrected chi connectivity index (χ2v) is 6.33. The Balaban J connectivity index is 1.64. The molecule has 7 heteroatoms. The Bertz CT molecular complexity index is 952. The number of nitrogens with one attached hydrogen (secondary N) is 3. The van der Waals surface area contributed by atoms with Crippen molar-refractivity contribution in [3.05, 3.63) is 54.2 Å². The number of fused-ring (bicyclic) bond motifs is 1. The number of hydrogen-bond donors (Lipinski definition) is 4. The van der Waals surface area contributed by atoms with Crippen LogP contribution in [-0.4, -0.2) is 35.0 Å². The van der Waals surface area contributed by atoms with Crippen LogP contribution >= 0.6 is 0 Å². The van der Waals surface area contributed by atoms with E-state index < -0.39 is 5.91 Å². The molecular weight excluding hydrogens is 328 g/mol. The maximum absolute atomic E-state index is 11.8. The number of hydrogen-bond acceptors (Lipinski definition) is 6. The maximum atomic E-state index is 11.8. The quantitative estimate of drug-likeness (QED) is 0.564. The van der Waals surface area contributed by atoms with E-state index in [0.717, 1.165) is 36.1 Å². The third-order valence-corrected chi connectivity index (χ3v) is 4.44. The van der Waals surface area contributed by atoms with Crippen LogP contribution in [0.15, 0.2) is 48.7 Å². The Morgan fingerprint density at radius 2 is 2.15 bits per heavy atom. The first-order valence-corrected chi connectivity index (χ1v) is 8.59. The van der Waals surface area contributed by atoms with Gasteiger partial charge in [0.05, 0.1) is 11.1 Å². The molecule has 1 atom stereocenters. The smallest absolute Gasteiger partial charge is 0.252 e. The summed E-state index contributed by atoms with van der Waals surface area (Å²) >= 11 is 0. The van der Waals surface area contributed by atoms with Crippen molar-refractivity contribution in [3.8, 4) is 0 Å². The van der Waals surface area contributed by atoms with Gasteiger partial charge in [0, 0.05) is 29.9 Å². The van der Waals surface area contributed by atoms with Gasteiger partial charge in [0.15, 0.2) is 0 Å². The normalized spacial score (nSPS) is 16.5. The SMILES string of the molecule is NC(=O)c1ccc(NC2CCNC2)nc1Nc1ccc2ncccc2c1. The van der Waals surface area contributed by atoms with Crippen LogP contribution in [-0.2, 0) is 0 Å². The molecule has 1 aromatic carbocycles. The summed E-state index contributed by atoms with van der Waals surface area (Å²) in [5.41, 5.74) is 7.59. The van der Waals surface area contributed by atoms with Gasteiger partial charge in [-0.2, -0.15) is 0 Å². The molecule has 7 nitrogen and oxygen atoms in total. The van der Waals surface area contributed by atoms with E-state index in [2.05, 4.69) is 25.9 Å². The molecule has 0 bridgehead atoms. The highest BCUT2D eigenvalue weighted by Crippen LogP contribution is 2.24. The Morgan fingerprint density at radius 3 is 2.96 bits per heavy atom. The van der Waals surface area contributed by atoms with Crippen molar-refractivity contribution < 1.29 is 4.79 Å². The van der Waals surface area contributed by atoms with Gasteiger partial charge in [-0.05, 0) is 49.4 Å². The fraction of sp³-hybridized carbons (Fsp3) is 0.211. The number of anilines is 3. The van der Waals surface area contributed by atoms with E-state index in [9.17, 15) is 4.79 Å². The lowest BCUT2D eigenvalue weighted by Gasteiger charge is -2.15. The van der Waals surface area contributed by atoms with Gasteiger partial charge >= 0.3 is 0 Å². The minimum absolute atomic E-state index is 0.335. The predicted octanol–water partition coefficient (Wildman–Crippen LogP) is 2.25. The fourth-order valence-electron chi connectivity index (χ4n) is 3.11. The van der Waals surface area contributed by atoms with Crippen LogP contribution in [0.25, 0.3) is 10.9 Å². The number of primary amides is 1. The maximum Gasteiger partial charge on any atom is 0.252 e. The van der Waals surface area contributed by atoms with Crippen LogP contribution in [0.3, 0.4) is 0 Å². The third-order valence-electron chi connectivity index (χ3n) is 4.44. The summed E-state index contributed by atoms with van der Waals surface area (Å²) in [6.45, 7) is 1.90. The summed E-state index contributed by atoms with van der Waals surface area (Å²) in [5.74, 6) is 0.641. The predicted molar refractivity (Wildman–Crippen MR) is 103 cm³/mol. The lowest BCUT2D eigenvalue weighted by atomic mass is 10.2. The lowest BCUT2D eigenvalue weighted by Crippen LogP contribution is -2.23. The molecule has 1 saturated heterocycles. The Morgan fingerprint density at radius 1 is 1.23 bits per heavy atom. The first-order valence-electron chi connectivity index (χ1n) is 8.59. The van der Waals surface area contributed by atoms with E-state index in [0.29, 0.717) is 23.2 Å². The molecule has 3 heterocycles. The fourth-order valence-corrected chi connectivity index (χ4v) is 3.11. The summed E-state index contributed by atoms with van der Waals surface area (Å²) in [7, 11) is 0. The van der Waals surface area contributed by atoms with Crippen LogP contribution in [0, 0.1) is 0 Å². The van der Waals surface area contributed by atoms with Crippen molar-refractivity contribution in [1.29, 1.82) is 0 Å². The van der Waals surface area contributed by atoms with Crippen LogP contribution in [0.5, 0.6) is 0 Å². The first kappa shape index (κ1) is 16.3. The van der Waals surface area contributed by atoms with E-state index in [1.165, 1.54) is 0 Å². The second-order valence-electron chi connectivity index (χ2n) is 6.33. The number of nitrogens with zero attached hydrogens (tertiary/aromatic N) is 2. The zero-order valence-electron chi connectivity index (χ0n) is 14.2. The molecule has 0 aliphatic carbocycles. The summed E-state index contributed by atoms with van der Waals surface area (Å²) in [5, 5.41) is 10.9.